The summed E-state index contributed by atoms with van der Waals surface area (Å²) in [7, 11) is 3.85. The largest absolute Gasteiger partial charge is 0.491 e. The van der Waals surface area contributed by atoms with Crippen molar-refractivity contribution >= 4 is 0 Å². The van der Waals surface area contributed by atoms with E-state index in [0.29, 0.717) is 25.3 Å². The van der Waals surface area contributed by atoms with Gasteiger partial charge in [0, 0.05) is 19.2 Å². The third kappa shape index (κ3) is 2.93. The number of hydrogen-bond acceptors (Lipinski definition) is 4. The number of nitrogens with zero attached hydrogens (tertiary/aromatic N) is 1. The first-order chi connectivity index (χ1) is 10.1. The van der Waals surface area contributed by atoms with Gasteiger partial charge in [-0.2, -0.15) is 0 Å². The van der Waals surface area contributed by atoms with E-state index in [1.807, 2.05) is 24.3 Å². The first kappa shape index (κ1) is 14.8. The highest BCUT2D eigenvalue weighted by Crippen LogP contribution is 2.45. The van der Waals surface area contributed by atoms with Gasteiger partial charge in [0.15, 0.2) is 0 Å². The standard InChI is InChI=1S/C17H25NO3/c1-18-14-5-6-15(18)12-17(19,11-14)13-3-7-16(8-4-13)21-10-9-20-2/h3-4,7-8,14-15,19H,5-6,9-12H2,1-2H3. The fraction of sp³-hybridized carbons (Fsp3) is 0.647. The molecule has 1 aromatic carbocycles. The van der Waals surface area contributed by atoms with E-state index in [2.05, 4.69) is 11.9 Å². The summed E-state index contributed by atoms with van der Waals surface area (Å²) in [5.74, 6) is 0.829. The Balaban J connectivity index is 1.69. The molecule has 2 fully saturated rings. The van der Waals surface area contributed by atoms with E-state index in [0.717, 1.165) is 24.2 Å². The van der Waals surface area contributed by atoms with Crippen LogP contribution in [0.2, 0.25) is 0 Å². The molecule has 2 saturated heterocycles. The molecular weight excluding hydrogens is 266 g/mol. The van der Waals surface area contributed by atoms with Gasteiger partial charge in [-0.1, -0.05) is 12.1 Å². The van der Waals surface area contributed by atoms with Crippen LogP contribution in [0.3, 0.4) is 0 Å². The molecule has 2 aliphatic heterocycles. The molecule has 0 aliphatic carbocycles. The summed E-state index contributed by atoms with van der Waals surface area (Å²) in [5, 5.41) is 11.1. The third-order valence-corrected chi connectivity index (χ3v) is 5.08. The predicted molar refractivity (Wildman–Crippen MR) is 81.5 cm³/mol. The predicted octanol–water partition coefficient (Wildman–Crippen LogP) is 2.16. The van der Waals surface area contributed by atoms with Gasteiger partial charge in [-0.15, -0.1) is 0 Å². The molecule has 0 amide bonds. The molecule has 2 aliphatic rings. The van der Waals surface area contributed by atoms with E-state index >= 15 is 0 Å². The van der Waals surface area contributed by atoms with Gasteiger partial charge in [0.2, 0.25) is 0 Å². The molecule has 2 heterocycles. The van der Waals surface area contributed by atoms with Crippen LogP contribution in [0.1, 0.15) is 31.2 Å². The van der Waals surface area contributed by atoms with Gasteiger partial charge in [-0.05, 0) is 50.4 Å². The summed E-state index contributed by atoms with van der Waals surface area (Å²) in [6.45, 7) is 1.14. The Morgan fingerprint density at radius 3 is 2.33 bits per heavy atom. The highest BCUT2D eigenvalue weighted by molar-refractivity contribution is 5.32. The SMILES string of the molecule is COCCOc1ccc(C2(O)CC3CCC(C2)N3C)cc1. The molecule has 4 nitrogen and oxygen atoms in total. The molecule has 2 bridgehead atoms. The maximum Gasteiger partial charge on any atom is 0.119 e. The van der Waals surface area contributed by atoms with Gasteiger partial charge in [0.25, 0.3) is 0 Å². The second-order valence-electron chi connectivity index (χ2n) is 6.36. The van der Waals surface area contributed by atoms with Crippen molar-refractivity contribution in [2.45, 2.75) is 43.4 Å². The van der Waals surface area contributed by atoms with Gasteiger partial charge in [0.05, 0.1) is 12.2 Å². The molecule has 0 spiro atoms. The lowest BCUT2D eigenvalue weighted by molar-refractivity contribution is -0.0493. The number of hydrogen-bond donors (Lipinski definition) is 1. The van der Waals surface area contributed by atoms with E-state index in [1.54, 1.807) is 7.11 Å². The number of fused-ring (bicyclic) bond motifs is 2. The lowest BCUT2D eigenvalue weighted by Crippen LogP contribution is -2.47. The van der Waals surface area contributed by atoms with E-state index in [-0.39, 0.29) is 0 Å². The molecule has 116 valence electrons. The Hall–Kier alpha value is -1.10. The number of rotatable bonds is 5. The molecular formula is C17H25NO3. The molecule has 2 unspecified atom stereocenters. The van der Waals surface area contributed by atoms with Gasteiger partial charge in [-0.3, -0.25) is 0 Å². The van der Waals surface area contributed by atoms with Crippen LogP contribution in [0.5, 0.6) is 5.75 Å². The molecule has 0 aromatic heterocycles. The van der Waals surface area contributed by atoms with Crippen LogP contribution < -0.4 is 4.74 Å². The minimum atomic E-state index is -0.677. The van der Waals surface area contributed by atoms with E-state index in [4.69, 9.17) is 9.47 Å². The molecule has 1 aromatic rings. The zero-order valence-electron chi connectivity index (χ0n) is 12.9. The first-order valence-electron chi connectivity index (χ1n) is 7.79. The summed E-state index contributed by atoms with van der Waals surface area (Å²) in [6.07, 6.45) is 4.09. The smallest absolute Gasteiger partial charge is 0.119 e. The molecule has 1 N–H and O–H groups in total. The monoisotopic (exact) mass is 291 g/mol. The average molecular weight is 291 g/mol. The molecule has 0 saturated carbocycles. The highest BCUT2D eigenvalue weighted by Gasteiger charge is 2.46. The second-order valence-corrected chi connectivity index (χ2v) is 6.36. The lowest BCUT2D eigenvalue weighted by Gasteiger charge is -2.42. The van der Waals surface area contributed by atoms with Crippen LogP contribution in [0.4, 0.5) is 0 Å². The van der Waals surface area contributed by atoms with Crippen LogP contribution in [0.25, 0.3) is 0 Å². The van der Waals surface area contributed by atoms with Crippen molar-refractivity contribution < 1.29 is 14.6 Å². The van der Waals surface area contributed by atoms with Crippen molar-refractivity contribution in [3.63, 3.8) is 0 Å². The van der Waals surface area contributed by atoms with Crippen molar-refractivity contribution in [3.8, 4) is 5.75 Å². The van der Waals surface area contributed by atoms with Crippen LogP contribution >= 0.6 is 0 Å². The number of aliphatic hydroxyl groups is 1. The van der Waals surface area contributed by atoms with Crippen molar-refractivity contribution in [3.05, 3.63) is 29.8 Å². The van der Waals surface area contributed by atoms with E-state index in [1.165, 1.54) is 12.8 Å². The van der Waals surface area contributed by atoms with Gasteiger partial charge in [-0.25, -0.2) is 0 Å². The van der Waals surface area contributed by atoms with Crippen LogP contribution in [-0.2, 0) is 10.3 Å². The topological polar surface area (TPSA) is 41.9 Å². The third-order valence-electron chi connectivity index (χ3n) is 5.08. The summed E-state index contributed by atoms with van der Waals surface area (Å²) in [5.41, 5.74) is 0.343. The van der Waals surface area contributed by atoms with Gasteiger partial charge in [0.1, 0.15) is 12.4 Å². The highest BCUT2D eigenvalue weighted by atomic mass is 16.5. The number of ether oxygens (including phenoxy) is 2. The Morgan fingerprint density at radius 1 is 1.14 bits per heavy atom. The van der Waals surface area contributed by atoms with Crippen molar-refractivity contribution in [2.75, 3.05) is 27.4 Å². The number of benzene rings is 1. The normalized spacial score (nSPS) is 32.3. The molecule has 4 heteroatoms. The van der Waals surface area contributed by atoms with Crippen LogP contribution in [0.15, 0.2) is 24.3 Å². The number of methoxy groups -OCH3 is 1. The number of piperidine rings is 1. The maximum atomic E-state index is 11.1. The molecule has 21 heavy (non-hydrogen) atoms. The summed E-state index contributed by atoms with van der Waals surface area (Å²) in [6, 6.07) is 8.95. The van der Waals surface area contributed by atoms with E-state index in [9.17, 15) is 5.11 Å². The Bertz CT molecular complexity index is 459. The zero-order valence-corrected chi connectivity index (χ0v) is 12.9. The van der Waals surface area contributed by atoms with E-state index < -0.39 is 5.60 Å². The fourth-order valence-corrected chi connectivity index (χ4v) is 3.79. The first-order valence-corrected chi connectivity index (χ1v) is 7.79. The minimum absolute atomic E-state index is 0.520. The van der Waals surface area contributed by atoms with Crippen LogP contribution in [-0.4, -0.2) is 49.5 Å². The Labute approximate surface area is 126 Å². The van der Waals surface area contributed by atoms with Gasteiger partial charge < -0.3 is 19.5 Å². The maximum absolute atomic E-state index is 11.1. The average Bonchev–Trinajstić information content (AvgIpc) is 2.72. The molecule has 2 atom stereocenters. The van der Waals surface area contributed by atoms with Crippen LogP contribution in [0, 0.1) is 0 Å². The van der Waals surface area contributed by atoms with Crippen molar-refractivity contribution in [1.29, 1.82) is 0 Å². The molecule has 3 rings (SSSR count). The summed E-state index contributed by atoms with van der Waals surface area (Å²) in [4.78, 5) is 2.44. The lowest BCUT2D eigenvalue weighted by atomic mass is 9.81. The Morgan fingerprint density at radius 2 is 1.76 bits per heavy atom. The second kappa shape index (κ2) is 5.95. The van der Waals surface area contributed by atoms with Crippen molar-refractivity contribution in [1.82, 2.24) is 4.90 Å². The zero-order chi connectivity index (χ0) is 14.9. The van der Waals surface area contributed by atoms with Gasteiger partial charge >= 0.3 is 0 Å². The van der Waals surface area contributed by atoms with Crippen molar-refractivity contribution in [2.24, 2.45) is 0 Å². The Kier molecular flexibility index (Phi) is 4.20. The summed E-state index contributed by atoms with van der Waals surface area (Å²) < 4.78 is 10.5. The quantitative estimate of drug-likeness (QED) is 0.844. The molecule has 0 radical (unpaired) electrons. The summed E-state index contributed by atoms with van der Waals surface area (Å²) >= 11 is 0. The minimum Gasteiger partial charge on any atom is -0.491 e. The fourth-order valence-electron chi connectivity index (χ4n) is 3.79.